The van der Waals surface area contributed by atoms with Gasteiger partial charge in [-0.1, -0.05) is 60.7 Å². The number of hydrogen-bond acceptors (Lipinski definition) is 10. The monoisotopic (exact) mass is 652 g/mol. The fourth-order valence-electron chi connectivity index (χ4n) is 5.59. The minimum atomic E-state index is -1.17. The molecule has 2 atom stereocenters. The highest BCUT2D eigenvalue weighted by Gasteiger charge is 2.33. The van der Waals surface area contributed by atoms with E-state index in [1.54, 1.807) is 24.3 Å². The molecule has 2 aliphatic heterocycles. The van der Waals surface area contributed by atoms with Crippen LogP contribution in [0.1, 0.15) is 16.7 Å². The van der Waals surface area contributed by atoms with E-state index in [1.165, 1.54) is 6.33 Å². The van der Waals surface area contributed by atoms with Crippen LogP contribution in [0.4, 0.5) is 17.3 Å². The van der Waals surface area contributed by atoms with Crippen LogP contribution in [0, 0.1) is 0 Å². The van der Waals surface area contributed by atoms with Gasteiger partial charge in [-0.05, 0) is 23.8 Å². The van der Waals surface area contributed by atoms with Gasteiger partial charge in [-0.15, -0.1) is 4.31 Å². The van der Waals surface area contributed by atoms with Crippen LogP contribution < -0.4 is 25.2 Å². The van der Waals surface area contributed by atoms with Crippen LogP contribution in [0.5, 0.6) is 5.75 Å². The molecular formula is C34H36N8O4S. The Morgan fingerprint density at radius 2 is 1.70 bits per heavy atom. The van der Waals surface area contributed by atoms with E-state index >= 15 is 0 Å². The van der Waals surface area contributed by atoms with Gasteiger partial charge < -0.3 is 29.7 Å². The predicted molar refractivity (Wildman–Crippen MR) is 183 cm³/mol. The number of carbonyl (C=O) groups is 2. The van der Waals surface area contributed by atoms with Crippen molar-refractivity contribution in [3.63, 3.8) is 0 Å². The van der Waals surface area contributed by atoms with Crippen molar-refractivity contribution < 1.29 is 18.9 Å². The first-order valence-corrected chi connectivity index (χ1v) is 16.8. The molecule has 3 heterocycles. The molecule has 4 aromatic rings. The number of para-hydroxylation sites is 1. The van der Waals surface area contributed by atoms with E-state index in [4.69, 9.17) is 9.73 Å². The largest absolute Gasteiger partial charge is 0.598 e. The Kier molecular flexibility index (Phi) is 9.95. The molecule has 2 unspecified atom stereocenters. The first-order chi connectivity index (χ1) is 22.9. The molecular weight excluding hydrogens is 616 g/mol. The number of amides is 2. The summed E-state index contributed by atoms with van der Waals surface area (Å²) in [7, 11) is 1.61. The molecule has 1 saturated heterocycles. The third kappa shape index (κ3) is 7.54. The first-order valence-electron chi connectivity index (χ1n) is 15.3. The lowest BCUT2D eigenvalue weighted by Gasteiger charge is -2.34. The number of anilines is 3. The molecule has 0 spiro atoms. The Morgan fingerprint density at radius 3 is 2.43 bits per heavy atom. The van der Waals surface area contributed by atoms with Crippen LogP contribution in [0.25, 0.3) is 0 Å². The second-order valence-corrected chi connectivity index (χ2v) is 12.4. The van der Waals surface area contributed by atoms with Gasteiger partial charge in [0.15, 0.2) is 0 Å². The van der Waals surface area contributed by atoms with Crippen molar-refractivity contribution in [2.45, 2.75) is 12.7 Å². The number of ether oxygens (including phenoxy) is 1. The van der Waals surface area contributed by atoms with Gasteiger partial charge in [0, 0.05) is 41.6 Å². The van der Waals surface area contributed by atoms with Gasteiger partial charge >= 0.3 is 0 Å². The van der Waals surface area contributed by atoms with Gasteiger partial charge in [0.25, 0.3) is 5.91 Å². The smallest absolute Gasteiger partial charge is 0.272 e. The lowest BCUT2D eigenvalue weighted by atomic mass is 10.00. The summed E-state index contributed by atoms with van der Waals surface area (Å²) in [6, 6.07) is 26.6. The molecule has 13 heteroatoms. The van der Waals surface area contributed by atoms with Gasteiger partial charge in [0.2, 0.25) is 12.1 Å². The molecule has 0 aliphatic carbocycles. The van der Waals surface area contributed by atoms with Crippen molar-refractivity contribution in [1.29, 1.82) is 0 Å². The Bertz CT molecular complexity index is 1730. The predicted octanol–water partition coefficient (Wildman–Crippen LogP) is 2.84. The lowest BCUT2D eigenvalue weighted by Crippen LogP contribution is -2.48. The van der Waals surface area contributed by atoms with E-state index in [9.17, 15) is 14.1 Å². The Hall–Kier alpha value is -4.98. The molecule has 0 saturated carbocycles. The van der Waals surface area contributed by atoms with Gasteiger partial charge in [-0.3, -0.25) is 9.59 Å². The number of methoxy groups -OCH3 is 1. The highest BCUT2D eigenvalue weighted by Crippen LogP contribution is 2.30. The molecule has 0 radical (unpaired) electrons. The molecule has 0 bridgehead atoms. The maximum atomic E-state index is 14.2. The topological polar surface area (TPSA) is 138 Å². The summed E-state index contributed by atoms with van der Waals surface area (Å²) >= 11 is -1.01. The molecule has 12 nitrogen and oxygen atoms in total. The second kappa shape index (κ2) is 14.6. The van der Waals surface area contributed by atoms with E-state index in [0.717, 1.165) is 22.4 Å². The fourth-order valence-corrected chi connectivity index (χ4v) is 6.27. The van der Waals surface area contributed by atoms with Crippen molar-refractivity contribution in [3.05, 3.63) is 108 Å². The van der Waals surface area contributed by atoms with Crippen LogP contribution in [-0.2, 0) is 27.5 Å². The minimum Gasteiger partial charge on any atom is -0.598 e. The van der Waals surface area contributed by atoms with E-state index in [1.807, 2.05) is 83.2 Å². The average molecular weight is 653 g/mol. The van der Waals surface area contributed by atoms with E-state index in [2.05, 4.69) is 25.5 Å². The van der Waals surface area contributed by atoms with Crippen molar-refractivity contribution >= 4 is 46.2 Å². The number of piperazine rings is 1. The standard InChI is InChI=1S/C34H36N8O4S/c1-46-26-14-12-24(13-15-26)22-42-28-11-7-6-10-27(28)32(25-8-4-3-5-9-25)39-33(34(42)44)38-31(43)21-35-29-20-30(37-23-36-29)40-16-18-41(19-17-40)47(2)45/h3-15,20,23,33H,16-19,21-22H2,1-2H3,(H,38,43)(H,35,36,37). The van der Waals surface area contributed by atoms with E-state index in [-0.39, 0.29) is 19.0 Å². The average Bonchev–Trinajstić information content (AvgIpc) is 3.22. The van der Waals surface area contributed by atoms with Crippen molar-refractivity contribution in [3.8, 4) is 5.75 Å². The summed E-state index contributed by atoms with van der Waals surface area (Å²) in [6.45, 7) is 2.82. The molecule has 242 valence electrons. The molecule has 1 aromatic heterocycles. The number of carbonyl (C=O) groups excluding carboxylic acids is 2. The lowest BCUT2D eigenvalue weighted by molar-refractivity contribution is -0.126. The van der Waals surface area contributed by atoms with Crippen molar-refractivity contribution in [2.75, 3.05) is 61.2 Å². The fraction of sp³-hybridized carbons (Fsp3) is 0.265. The van der Waals surface area contributed by atoms with Crippen LogP contribution in [-0.4, -0.2) is 88.6 Å². The Morgan fingerprint density at radius 1 is 0.979 bits per heavy atom. The first kappa shape index (κ1) is 32.0. The van der Waals surface area contributed by atoms with E-state index < -0.39 is 23.4 Å². The van der Waals surface area contributed by atoms with Crippen LogP contribution >= 0.6 is 0 Å². The zero-order valence-corrected chi connectivity index (χ0v) is 27.0. The quantitative estimate of drug-likeness (QED) is 0.248. The third-order valence-corrected chi connectivity index (χ3v) is 9.15. The number of aliphatic imine (C=N–C) groups is 1. The molecule has 2 aliphatic rings. The van der Waals surface area contributed by atoms with Gasteiger partial charge in [-0.2, -0.15) is 0 Å². The summed E-state index contributed by atoms with van der Waals surface area (Å²) in [5, 5.41) is 5.91. The normalized spacial score (nSPS) is 17.3. The van der Waals surface area contributed by atoms with Crippen LogP contribution in [0.2, 0.25) is 0 Å². The summed E-state index contributed by atoms with van der Waals surface area (Å²) in [4.78, 5) is 44.9. The number of fused-ring (bicyclic) bond motifs is 1. The molecule has 3 aromatic carbocycles. The number of benzodiazepines with no additional fused rings is 1. The summed E-state index contributed by atoms with van der Waals surface area (Å²) in [5.74, 6) is 1.13. The maximum Gasteiger partial charge on any atom is 0.272 e. The zero-order chi connectivity index (χ0) is 32.8. The number of nitrogens with one attached hydrogen (secondary N) is 2. The highest BCUT2D eigenvalue weighted by molar-refractivity contribution is 7.88. The molecule has 47 heavy (non-hydrogen) atoms. The molecule has 1 fully saturated rings. The number of benzene rings is 3. The van der Waals surface area contributed by atoms with Crippen molar-refractivity contribution in [1.82, 2.24) is 19.6 Å². The minimum absolute atomic E-state index is 0.134. The molecule has 6 rings (SSSR count). The third-order valence-electron chi connectivity index (χ3n) is 8.06. The molecule has 2 amide bonds. The zero-order valence-electron chi connectivity index (χ0n) is 26.2. The van der Waals surface area contributed by atoms with Crippen molar-refractivity contribution in [2.24, 2.45) is 4.99 Å². The van der Waals surface area contributed by atoms with Crippen LogP contribution in [0.15, 0.2) is 96.2 Å². The summed E-state index contributed by atoms with van der Waals surface area (Å²) in [5.41, 5.74) is 3.82. The Balaban J connectivity index is 1.21. The van der Waals surface area contributed by atoms with Crippen LogP contribution in [0.3, 0.4) is 0 Å². The number of rotatable bonds is 10. The number of hydrogen-bond donors (Lipinski definition) is 2. The summed E-state index contributed by atoms with van der Waals surface area (Å²) in [6.07, 6.45) is 1.95. The number of aromatic nitrogens is 2. The summed E-state index contributed by atoms with van der Waals surface area (Å²) < 4.78 is 19.0. The maximum absolute atomic E-state index is 14.2. The number of nitrogens with zero attached hydrogens (tertiary/aromatic N) is 6. The molecule has 2 N–H and O–H groups in total. The van der Waals surface area contributed by atoms with Gasteiger partial charge in [0.05, 0.1) is 44.7 Å². The van der Waals surface area contributed by atoms with Gasteiger partial charge in [0.1, 0.15) is 30.0 Å². The highest BCUT2D eigenvalue weighted by atomic mass is 32.2. The Labute approximate surface area is 276 Å². The second-order valence-electron chi connectivity index (χ2n) is 11.1. The SMILES string of the molecule is COc1ccc(CN2C(=O)C(NC(=O)CNc3cc(N4CCN([S+](C)[O-])CC4)ncn3)N=C(c3ccccc3)c3ccccc32)cc1. The van der Waals surface area contributed by atoms with E-state index in [0.29, 0.717) is 49.2 Å². The van der Waals surface area contributed by atoms with Gasteiger partial charge in [-0.25, -0.2) is 15.0 Å².